The fourth-order valence-corrected chi connectivity index (χ4v) is 3.55. The highest BCUT2D eigenvalue weighted by Crippen LogP contribution is 2.34. The van der Waals surface area contributed by atoms with Gasteiger partial charge in [-0.15, -0.1) is 0 Å². The molecule has 2 atom stereocenters. The monoisotopic (exact) mass is 309 g/mol. The Morgan fingerprint density at radius 3 is 2.87 bits per heavy atom. The Morgan fingerprint density at radius 1 is 1.26 bits per heavy atom. The summed E-state index contributed by atoms with van der Waals surface area (Å²) in [5, 5.41) is 3.62. The van der Waals surface area contributed by atoms with Crippen molar-refractivity contribution in [2.24, 2.45) is 0 Å². The molecule has 2 aliphatic rings. The van der Waals surface area contributed by atoms with Crippen LogP contribution < -0.4 is 5.32 Å². The van der Waals surface area contributed by atoms with Crippen molar-refractivity contribution >= 4 is 5.82 Å². The summed E-state index contributed by atoms with van der Waals surface area (Å²) in [7, 11) is 0. The number of hydrogen-bond acceptors (Lipinski definition) is 5. The lowest BCUT2D eigenvalue weighted by atomic mass is 10.2. The van der Waals surface area contributed by atoms with Crippen molar-refractivity contribution in [1.82, 2.24) is 19.9 Å². The van der Waals surface area contributed by atoms with Crippen molar-refractivity contribution in [1.29, 1.82) is 0 Å². The Bertz CT molecular complexity index is 683. The number of hydrogen-bond donors (Lipinski definition) is 1. The molecule has 0 bridgehead atoms. The van der Waals surface area contributed by atoms with E-state index in [-0.39, 0.29) is 0 Å². The third-order valence-corrected chi connectivity index (χ3v) is 4.76. The van der Waals surface area contributed by atoms with Crippen LogP contribution in [-0.4, -0.2) is 44.5 Å². The van der Waals surface area contributed by atoms with Gasteiger partial charge < -0.3 is 5.32 Å². The molecule has 3 heterocycles. The van der Waals surface area contributed by atoms with E-state index >= 15 is 0 Å². The molecule has 0 amide bonds. The third kappa shape index (κ3) is 3.20. The molecular weight excluding hydrogens is 286 g/mol. The normalized spacial score (nSPS) is 24.8. The molecule has 23 heavy (non-hydrogen) atoms. The van der Waals surface area contributed by atoms with Gasteiger partial charge >= 0.3 is 0 Å². The minimum absolute atomic E-state index is 0.474. The SMILES string of the molecule is Cc1cc(NC2CC(C)N(C3CC3)C2)nc(-c2cccnc2)n1. The molecule has 1 saturated heterocycles. The van der Waals surface area contributed by atoms with Crippen molar-refractivity contribution in [3.8, 4) is 11.4 Å². The fraction of sp³-hybridized carbons (Fsp3) is 0.500. The topological polar surface area (TPSA) is 53.9 Å². The van der Waals surface area contributed by atoms with Crippen LogP contribution in [0.4, 0.5) is 5.82 Å². The van der Waals surface area contributed by atoms with Crippen molar-refractivity contribution in [2.45, 2.75) is 51.2 Å². The molecule has 1 aliphatic carbocycles. The third-order valence-electron chi connectivity index (χ3n) is 4.76. The zero-order valence-corrected chi connectivity index (χ0v) is 13.7. The van der Waals surface area contributed by atoms with Crippen LogP contribution in [0.2, 0.25) is 0 Å². The van der Waals surface area contributed by atoms with Crippen LogP contribution in [0.5, 0.6) is 0 Å². The van der Waals surface area contributed by atoms with E-state index in [0.29, 0.717) is 12.1 Å². The molecule has 0 spiro atoms. The van der Waals surface area contributed by atoms with Crippen LogP contribution in [0.1, 0.15) is 31.9 Å². The molecule has 2 fully saturated rings. The Hall–Kier alpha value is -2.01. The van der Waals surface area contributed by atoms with Gasteiger partial charge in [-0.3, -0.25) is 9.88 Å². The lowest BCUT2D eigenvalue weighted by Gasteiger charge is -2.19. The average molecular weight is 309 g/mol. The van der Waals surface area contributed by atoms with Gasteiger partial charge in [0.25, 0.3) is 0 Å². The maximum atomic E-state index is 4.70. The predicted octanol–water partition coefficient (Wildman–Crippen LogP) is 2.88. The zero-order chi connectivity index (χ0) is 15.8. The van der Waals surface area contributed by atoms with Gasteiger partial charge in [0.15, 0.2) is 5.82 Å². The predicted molar refractivity (Wildman–Crippen MR) is 91.2 cm³/mol. The Morgan fingerprint density at radius 2 is 2.13 bits per heavy atom. The van der Waals surface area contributed by atoms with Crippen molar-refractivity contribution in [3.05, 3.63) is 36.3 Å². The van der Waals surface area contributed by atoms with Gasteiger partial charge in [0.2, 0.25) is 0 Å². The minimum atomic E-state index is 0.474. The Kier molecular flexibility index (Phi) is 3.73. The molecule has 120 valence electrons. The van der Waals surface area contributed by atoms with E-state index in [1.54, 1.807) is 6.20 Å². The van der Waals surface area contributed by atoms with Crippen molar-refractivity contribution < 1.29 is 0 Å². The lowest BCUT2D eigenvalue weighted by Crippen LogP contribution is -2.31. The van der Waals surface area contributed by atoms with Gasteiger partial charge in [-0.05, 0) is 45.2 Å². The average Bonchev–Trinajstić information content (AvgIpc) is 3.32. The van der Waals surface area contributed by atoms with Crippen molar-refractivity contribution in [2.75, 3.05) is 11.9 Å². The molecule has 4 rings (SSSR count). The van der Waals surface area contributed by atoms with Crippen LogP contribution in [0, 0.1) is 6.92 Å². The van der Waals surface area contributed by atoms with E-state index in [1.165, 1.54) is 19.3 Å². The molecule has 5 heteroatoms. The second-order valence-corrected chi connectivity index (χ2v) is 6.81. The molecule has 1 N–H and O–H groups in total. The number of nitrogens with zero attached hydrogens (tertiary/aromatic N) is 4. The summed E-state index contributed by atoms with van der Waals surface area (Å²) in [5.74, 6) is 1.66. The van der Waals surface area contributed by atoms with Crippen LogP contribution in [-0.2, 0) is 0 Å². The summed E-state index contributed by atoms with van der Waals surface area (Å²) in [6.45, 7) is 5.48. The Balaban J connectivity index is 1.52. The zero-order valence-electron chi connectivity index (χ0n) is 13.7. The molecule has 2 unspecified atom stereocenters. The fourth-order valence-electron chi connectivity index (χ4n) is 3.55. The van der Waals surface area contributed by atoms with Gasteiger partial charge in [-0.1, -0.05) is 0 Å². The molecule has 2 aromatic rings. The quantitative estimate of drug-likeness (QED) is 0.941. The highest BCUT2D eigenvalue weighted by Gasteiger charge is 2.38. The molecule has 0 radical (unpaired) electrons. The summed E-state index contributed by atoms with van der Waals surface area (Å²) in [6, 6.07) is 7.92. The summed E-state index contributed by atoms with van der Waals surface area (Å²) in [4.78, 5) is 16.1. The maximum absolute atomic E-state index is 4.70. The first kappa shape index (κ1) is 14.6. The van der Waals surface area contributed by atoms with E-state index < -0.39 is 0 Å². The number of aromatic nitrogens is 3. The summed E-state index contributed by atoms with van der Waals surface area (Å²) >= 11 is 0. The van der Waals surface area contributed by atoms with Crippen LogP contribution in [0.15, 0.2) is 30.6 Å². The highest BCUT2D eigenvalue weighted by atomic mass is 15.3. The van der Waals surface area contributed by atoms with Gasteiger partial charge in [0, 0.05) is 54.4 Å². The highest BCUT2D eigenvalue weighted by molar-refractivity contribution is 5.56. The minimum Gasteiger partial charge on any atom is -0.366 e. The second-order valence-electron chi connectivity index (χ2n) is 6.81. The first-order valence-corrected chi connectivity index (χ1v) is 8.47. The van der Waals surface area contributed by atoms with E-state index in [4.69, 9.17) is 4.98 Å². The standard InChI is InChI=1S/C18H23N5/c1-12-8-17(22-18(20-12)14-4-3-7-19-10-14)21-15-9-13(2)23(11-15)16-5-6-16/h3-4,7-8,10,13,15-16H,5-6,9,11H2,1-2H3,(H,20,21,22). The smallest absolute Gasteiger partial charge is 0.163 e. The van der Waals surface area contributed by atoms with Crippen LogP contribution in [0.25, 0.3) is 11.4 Å². The van der Waals surface area contributed by atoms with E-state index in [9.17, 15) is 0 Å². The molecule has 5 nitrogen and oxygen atoms in total. The lowest BCUT2D eigenvalue weighted by molar-refractivity contribution is 0.257. The van der Waals surface area contributed by atoms with Gasteiger partial charge in [0.05, 0.1) is 0 Å². The van der Waals surface area contributed by atoms with Crippen molar-refractivity contribution in [3.63, 3.8) is 0 Å². The van der Waals surface area contributed by atoms with E-state index in [2.05, 4.69) is 27.1 Å². The number of aryl methyl sites for hydroxylation is 1. The van der Waals surface area contributed by atoms with Crippen LogP contribution >= 0.6 is 0 Å². The molecule has 1 saturated carbocycles. The second kappa shape index (κ2) is 5.89. The van der Waals surface area contributed by atoms with E-state index in [1.807, 2.05) is 31.3 Å². The number of pyridine rings is 1. The molecule has 0 aromatic carbocycles. The molecule has 1 aliphatic heterocycles. The number of nitrogens with one attached hydrogen (secondary N) is 1. The largest absolute Gasteiger partial charge is 0.366 e. The van der Waals surface area contributed by atoms with Gasteiger partial charge in [-0.25, -0.2) is 9.97 Å². The summed E-state index contributed by atoms with van der Waals surface area (Å²) < 4.78 is 0. The van der Waals surface area contributed by atoms with Gasteiger partial charge in [-0.2, -0.15) is 0 Å². The first-order chi connectivity index (χ1) is 11.2. The summed E-state index contributed by atoms with van der Waals surface area (Å²) in [5.41, 5.74) is 1.94. The Labute approximate surface area is 137 Å². The maximum Gasteiger partial charge on any atom is 0.163 e. The first-order valence-electron chi connectivity index (χ1n) is 8.47. The van der Waals surface area contributed by atoms with E-state index in [0.717, 1.165) is 35.5 Å². The van der Waals surface area contributed by atoms with Gasteiger partial charge in [0.1, 0.15) is 5.82 Å². The molecular formula is C18H23N5. The number of anilines is 1. The molecule has 2 aromatic heterocycles. The number of rotatable bonds is 4. The van der Waals surface area contributed by atoms with Crippen LogP contribution in [0.3, 0.4) is 0 Å². The number of likely N-dealkylation sites (tertiary alicyclic amines) is 1. The summed E-state index contributed by atoms with van der Waals surface area (Å²) in [6.07, 6.45) is 7.50.